The third kappa shape index (κ3) is 4.26. The average molecular weight is 435 g/mol. The van der Waals surface area contributed by atoms with Gasteiger partial charge in [0.1, 0.15) is 17.7 Å². The minimum Gasteiger partial charge on any atom is -0.446 e. The van der Waals surface area contributed by atoms with E-state index in [9.17, 15) is 18.4 Å². The number of nitrogens with one attached hydrogen (secondary N) is 2. The summed E-state index contributed by atoms with van der Waals surface area (Å²) in [5, 5.41) is 5.29. The Kier molecular flexibility index (Phi) is 5.90. The third-order valence-corrected chi connectivity index (χ3v) is 5.92. The molecule has 2 aromatic carbocycles. The minimum atomic E-state index is -0.587. The van der Waals surface area contributed by atoms with E-state index in [0.29, 0.717) is 35.2 Å². The number of benzene rings is 2. The van der Waals surface area contributed by atoms with Crippen LogP contribution >= 0.6 is 11.6 Å². The topological polar surface area (TPSA) is 67.4 Å². The molecule has 1 fully saturated rings. The fourth-order valence-electron chi connectivity index (χ4n) is 4.18. The van der Waals surface area contributed by atoms with Crippen LogP contribution in [0.1, 0.15) is 59.6 Å². The number of alkyl carbamates (subject to hydrolysis) is 1. The summed E-state index contributed by atoms with van der Waals surface area (Å²) >= 11 is 5.76. The number of fused-ring (bicyclic) bond motifs is 1. The van der Waals surface area contributed by atoms with Crippen LogP contribution in [0.25, 0.3) is 0 Å². The van der Waals surface area contributed by atoms with Gasteiger partial charge in [-0.2, -0.15) is 0 Å². The highest BCUT2D eigenvalue weighted by Crippen LogP contribution is 2.36. The molecule has 2 N–H and O–H groups in total. The van der Waals surface area contributed by atoms with Crippen LogP contribution in [0.3, 0.4) is 0 Å². The molecule has 0 bridgehead atoms. The molecule has 2 aliphatic rings. The molecule has 8 heteroatoms. The lowest BCUT2D eigenvalue weighted by molar-refractivity contribution is 0.0975. The van der Waals surface area contributed by atoms with Crippen molar-refractivity contribution >= 4 is 29.3 Å². The monoisotopic (exact) mass is 434 g/mol. The van der Waals surface area contributed by atoms with Gasteiger partial charge >= 0.3 is 6.09 Å². The Morgan fingerprint density at radius 3 is 2.50 bits per heavy atom. The van der Waals surface area contributed by atoms with E-state index in [1.54, 1.807) is 0 Å². The summed E-state index contributed by atoms with van der Waals surface area (Å²) in [4.78, 5) is 25.0. The number of carbonyl (C=O) groups is 2. The lowest BCUT2D eigenvalue weighted by Crippen LogP contribution is -2.31. The summed E-state index contributed by atoms with van der Waals surface area (Å²) in [5.41, 5.74) is 1.49. The summed E-state index contributed by atoms with van der Waals surface area (Å²) < 4.78 is 33.3. The third-order valence-electron chi connectivity index (χ3n) is 5.63. The van der Waals surface area contributed by atoms with Crippen LogP contribution in [-0.2, 0) is 11.2 Å². The molecule has 0 radical (unpaired) electrons. The number of hydrogen-bond donors (Lipinski definition) is 2. The molecule has 0 aliphatic heterocycles. The number of amides is 2. The van der Waals surface area contributed by atoms with E-state index >= 15 is 0 Å². The maximum Gasteiger partial charge on any atom is 0.407 e. The van der Waals surface area contributed by atoms with Crippen molar-refractivity contribution in [3.8, 4) is 0 Å². The summed E-state index contributed by atoms with van der Waals surface area (Å²) in [5.74, 6) is -1.52. The highest BCUT2D eigenvalue weighted by Gasteiger charge is 2.32. The second-order valence-corrected chi connectivity index (χ2v) is 8.02. The van der Waals surface area contributed by atoms with Crippen LogP contribution in [0.5, 0.6) is 0 Å². The summed E-state index contributed by atoms with van der Waals surface area (Å²) in [6.07, 6.45) is 4.03. The first kappa shape index (κ1) is 20.6. The molecule has 2 amide bonds. The number of anilines is 1. The van der Waals surface area contributed by atoms with Gasteiger partial charge in [0.2, 0.25) is 0 Å². The second-order valence-electron chi connectivity index (χ2n) is 7.62. The van der Waals surface area contributed by atoms with Crippen molar-refractivity contribution in [3.63, 3.8) is 0 Å². The van der Waals surface area contributed by atoms with Gasteiger partial charge in [0.25, 0.3) is 5.91 Å². The van der Waals surface area contributed by atoms with E-state index in [0.717, 1.165) is 31.7 Å². The van der Waals surface area contributed by atoms with E-state index in [-0.39, 0.29) is 11.1 Å². The Morgan fingerprint density at radius 1 is 1.03 bits per heavy atom. The SMILES string of the molecule is O=C(N[C@H]1CCc2c(C(=O)Nc3ccc(F)c(Cl)c3)ccc(F)c21)OC1CCCC1. The molecule has 158 valence electrons. The van der Waals surface area contributed by atoms with Crippen LogP contribution in [0.15, 0.2) is 30.3 Å². The van der Waals surface area contributed by atoms with E-state index < -0.39 is 29.7 Å². The predicted octanol–water partition coefficient (Wildman–Crippen LogP) is 5.53. The van der Waals surface area contributed by atoms with Gasteiger partial charge in [-0.25, -0.2) is 13.6 Å². The lowest BCUT2D eigenvalue weighted by atomic mass is 10.0. The Balaban J connectivity index is 1.50. The normalized spacial score (nSPS) is 18.2. The molecular weight excluding hydrogens is 414 g/mol. The molecule has 4 rings (SSSR count). The number of rotatable bonds is 4. The number of ether oxygens (including phenoxy) is 1. The van der Waals surface area contributed by atoms with Crippen molar-refractivity contribution in [2.75, 3.05) is 5.32 Å². The van der Waals surface area contributed by atoms with Crippen molar-refractivity contribution in [1.82, 2.24) is 5.32 Å². The van der Waals surface area contributed by atoms with Gasteiger partial charge in [-0.05, 0) is 74.4 Å². The molecule has 2 aliphatic carbocycles. The van der Waals surface area contributed by atoms with Gasteiger partial charge in [-0.1, -0.05) is 11.6 Å². The molecule has 1 saturated carbocycles. The largest absolute Gasteiger partial charge is 0.446 e. The molecule has 0 spiro atoms. The number of hydrogen-bond acceptors (Lipinski definition) is 3. The van der Waals surface area contributed by atoms with Gasteiger partial charge in [0.15, 0.2) is 0 Å². The lowest BCUT2D eigenvalue weighted by Gasteiger charge is -2.18. The summed E-state index contributed by atoms with van der Waals surface area (Å²) in [6, 6.07) is 5.93. The zero-order valence-electron chi connectivity index (χ0n) is 16.1. The van der Waals surface area contributed by atoms with Crippen LogP contribution in [0, 0.1) is 11.6 Å². The van der Waals surface area contributed by atoms with Crippen LogP contribution in [0.2, 0.25) is 5.02 Å². The minimum absolute atomic E-state index is 0.0876. The highest BCUT2D eigenvalue weighted by molar-refractivity contribution is 6.31. The molecule has 0 aromatic heterocycles. The number of halogens is 3. The highest BCUT2D eigenvalue weighted by atomic mass is 35.5. The van der Waals surface area contributed by atoms with Crippen molar-refractivity contribution in [2.24, 2.45) is 0 Å². The Hall–Kier alpha value is -2.67. The van der Waals surface area contributed by atoms with Crippen molar-refractivity contribution < 1.29 is 23.1 Å². The Morgan fingerprint density at radius 2 is 1.77 bits per heavy atom. The zero-order chi connectivity index (χ0) is 21.3. The van der Waals surface area contributed by atoms with E-state index in [4.69, 9.17) is 16.3 Å². The van der Waals surface area contributed by atoms with E-state index in [1.807, 2.05) is 0 Å². The zero-order valence-corrected chi connectivity index (χ0v) is 16.9. The molecule has 1 atom stereocenters. The standard InChI is InChI=1S/C22H21ClF2N2O3/c23-16-11-12(5-8-17(16)24)26-21(28)15-6-9-18(25)20-14(15)7-10-19(20)27-22(29)30-13-3-1-2-4-13/h5-6,8-9,11,13,19H,1-4,7,10H2,(H,26,28)(H,27,29)/t19-/m0/s1. The van der Waals surface area contributed by atoms with Crippen LogP contribution in [-0.4, -0.2) is 18.1 Å². The first-order valence-corrected chi connectivity index (χ1v) is 10.3. The molecule has 0 saturated heterocycles. The van der Waals surface area contributed by atoms with Gasteiger partial charge in [-0.3, -0.25) is 4.79 Å². The fraction of sp³-hybridized carbons (Fsp3) is 0.364. The van der Waals surface area contributed by atoms with Crippen LogP contribution in [0.4, 0.5) is 19.3 Å². The quantitative estimate of drug-likeness (QED) is 0.665. The average Bonchev–Trinajstić information content (AvgIpc) is 3.35. The predicted molar refractivity (Wildman–Crippen MR) is 109 cm³/mol. The summed E-state index contributed by atoms with van der Waals surface area (Å²) in [7, 11) is 0. The van der Waals surface area contributed by atoms with Gasteiger partial charge in [-0.15, -0.1) is 0 Å². The molecule has 0 heterocycles. The maximum absolute atomic E-state index is 14.6. The van der Waals surface area contributed by atoms with Gasteiger partial charge < -0.3 is 15.4 Å². The first-order valence-electron chi connectivity index (χ1n) is 9.97. The molecular formula is C22H21ClF2N2O3. The van der Waals surface area contributed by atoms with Crippen LogP contribution < -0.4 is 10.6 Å². The molecule has 0 unspecified atom stereocenters. The molecule has 5 nitrogen and oxygen atoms in total. The molecule has 30 heavy (non-hydrogen) atoms. The molecule has 2 aromatic rings. The van der Waals surface area contributed by atoms with Crippen molar-refractivity contribution in [1.29, 1.82) is 0 Å². The second kappa shape index (κ2) is 8.60. The van der Waals surface area contributed by atoms with E-state index in [2.05, 4.69) is 10.6 Å². The Bertz CT molecular complexity index is 993. The van der Waals surface area contributed by atoms with Crippen molar-refractivity contribution in [2.45, 2.75) is 50.7 Å². The first-order chi connectivity index (χ1) is 14.4. The van der Waals surface area contributed by atoms with E-state index in [1.165, 1.54) is 24.3 Å². The smallest absolute Gasteiger partial charge is 0.407 e. The van der Waals surface area contributed by atoms with Crippen molar-refractivity contribution in [3.05, 3.63) is 63.7 Å². The fourth-order valence-corrected chi connectivity index (χ4v) is 4.36. The van der Waals surface area contributed by atoms with Gasteiger partial charge in [0.05, 0.1) is 11.1 Å². The number of carbonyl (C=O) groups excluding carboxylic acids is 2. The maximum atomic E-state index is 14.6. The van der Waals surface area contributed by atoms with Gasteiger partial charge in [0, 0.05) is 16.8 Å². The summed E-state index contributed by atoms with van der Waals surface area (Å²) in [6.45, 7) is 0. The Labute approximate surface area is 177 Å².